The van der Waals surface area contributed by atoms with Gasteiger partial charge < -0.3 is 20.4 Å². The van der Waals surface area contributed by atoms with E-state index in [9.17, 15) is 14.7 Å². The molecule has 0 saturated carbocycles. The van der Waals surface area contributed by atoms with Crippen LogP contribution >= 0.6 is 0 Å². The molecule has 0 radical (unpaired) electrons. The molecule has 1 aliphatic rings. The van der Waals surface area contributed by atoms with Crippen molar-refractivity contribution in [2.75, 3.05) is 19.6 Å². The minimum absolute atomic E-state index is 0.104. The maximum atomic E-state index is 11.6. The summed E-state index contributed by atoms with van der Waals surface area (Å²) in [5, 5.41) is 20.8. The molecule has 92 valence electrons. The number of carbonyl (C=O) groups excluding carboxylic acids is 1. The molecular weight excluding hydrogens is 212 g/mol. The van der Waals surface area contributed by atoms with E-state index in [1.165, 1.54) is 11.8 Å². The summed E-state index contributed by atoms with van der Waals surface area (Å²) in [4.78, 5) is 23.6. The maximum Gasteiger partial charge on any atom is 0.317 e. The Morgan fingerprint density at radius 2 is 2.19 bits per heavy atom. The van der Waals surface area contributed by atoms with Crippen molar-refractivity contribution in [3.63, 3.8) is 0 Å². The third kappa shape index (κ3) is 3.37. The standard InChI is InChI=1S/C10H18N2O4/c1-7(8(13)14)5-11-9(15)12-4-3-10(2,16)6-12/h7,16H,3-6H2,1-2H3,(H,11,15)(H,13,14). The van der Waals surface area contributed by atoms with E-state index in [2.05, 4.69) is 5.32 Å². The number of hydrogen-bond acceptors (Lipinski definition) is 3. The van der Waals surface area contributed by atoms with E-state index in [4.69, 9.17) is 5.11 Å². The summed E-state index contributed by atoms with van der Waals surface area (Å²) in [6, 6.07) is -0.314. The molecule has 3 N–H and O–H groups in total. The van der Waals surface area contributed by atoms with Crippen LogP contribution in [-0.2, 0) is 4.79 Å². The number of likely N-dealkylation sites (tertiary alicyclic amines) is 1. The predicted octanol–water partition coefficient (Wildman–Crippen LogP) is -0.127. The van der Waals surface area contributed by atoms with E-state index in [0.717, 1.165) is 0 Å². The Labute approximate surface area is 94.2 Å². The highest BCUT2D eigenvalue weighted by molar-refractivity contribution is 5.76. The van der Waals surface area contributed by atoms with Crippen LogP contribution in [-0.4, -0.2) is 52.3 Å². The first-order valence-corrected chi connectivity index (χ1v) is 5.30. The van der Waals surface area contributed by atoms with Crippen LogP contribution in [0.5, 0.6) is 0 Å². The Morgan fingerprint density at radius 1 is 1.56 bits per heavy atom. The molecule has 0 aliphatic carbocycles. The number of carboxylic acids is 1. The largest absolute Gasteiger partial charge is 0.481 e. The topological polar surface area (TPSA) is 89.9 Å². The van der Waals surface area contributed by atoms with Crippen molar-refractivity contribution in [1.82, 2.24) is 10.2 Å². The number of carboxylic acid groups (broad SMARTS) is 1. The van der Waals surface area contributed by atoms with E-state index in [1.807, 2.05) is 0 Å². The summed E-state index contributed by atoms with van der Waals surface area (Å²) in [7, 11) is 0. The first kappa shape index (κ1) is 12.8. The Balaban J connectivity index is 2.34. The minimum Gasteiger partial charge on any atom is -0.481 e. The second-order valence-corrected chi connectivity index (χ2v) is 4.59. The molecule has 2 atom stereocenters. The highest BCUT2D eigenvalue weighted by Crippen LogP contribution is 2.19. The van der Waals surface area contributed by atoms with Gasteiger partial charge in [0.1, 0.15) is 0 Å². The molecule has 1 rings (SSSR count). The number of amides is 2. The number of hydrogen-bond donors (Lipinski definition) is 3. The fraction of sp³-hybridized carbons (Fsp3) is 0.800. The lowest BCUT2D eigenvalue weighted by Crippen LogP contribution is -2.42. The van der Waals surface area contributed by atoms with E-state index in [0.29, 0.717) is 19.5 Å². The lowest BCUT2D eigenvalue weighted by Gasteiger charge is -2.20. The summed E-state index contributed by atoms with van der Waals surface area (Å²) in [5.74, 6) is -1.54. The second kappa shape index (κ2) is 4.69. The van der Waals surface area contributed by atoms with E-state index < -0.39 is 17.5 Å². The van der Waals surface area contributed by atoms with Crippen molar-refractivity contribution < 1.29 is 19.8 Å². The highest BCUT2D eigenvalue weighted by Gasteiger charge is 2.33. The highest BCUT2D eigenvalue weighted by atomic mass is 16.4. The van der Waals surface area contributed by atoms with E-state index >= 15 is 0 Å². The molecule has 1 saturated heterocycles. The van der Waals surface area contributed by atoms with Crippen LogP contribution in [0.2, 0.25) is 0 Å². The predicted molar refractivity (Wildman–Crippen MR) is 57.0 cm³/mol. The third-order valence-electron chi connectivity index (χ3n) is 2.72. The molecule has 1 aliphatic heterocycles. The van der Waals surface area contributed by atoms with Crippen molar-refractivity contribution in [1.29, 1.82) is 0 Å². The van der Waals surface area contributed by atoms with Gasteiger partial charge in [-0.15, -0.1) is 0 Å². The van der Waals surface area contributed by atoms with Gasteiger partial charge >= 0.3 is 12.0 Å². The van der Waals surface area contributed by atoms with Gasteiger partial charge in [0.15, 0.2) is 0 Å². The van der Waals surface area contributed by atoms with Gasteiger partial charge in [-0.2, -0.15) is 0 Å². The van der Waals surface area contributed by atoms with Crippen LogP contribution in [0.3, 0.4) is 0 Å². The first-order valence-electron chi connectivity index (χ1n) is 5.30. The molecule has 2 unspecified atom stereocenters. The van der Waals surface area contributed by atoms with E-state index in [-0.39, 0.29) is 12.6 Å². The monoisotopic (exact) mass is 230 g/mol. The van der Waals surface area contributed by atoms with Gasteiger partial charge in [0, 0.05) is 13.1 Å². The smallest absolute Gasteiger partial charge is 0.317 e. The van der Waals surface area contributed by atoms with Gasteiger partial charge in [0.25, 0.3) is 0 Å². The average molecular weight is 230 g/mol. The lowest BCUT2D eigenvalue weighted by molar-refractivity contribution is -0.140. The zero-order valence-corrected chi connectivity index (χ0v) is 9.56. The molecule has 0 bridgehead atoms. The lowest BCUT2D eigenvalue weighted by atomic mass is 10.1. The molecule has 1 fully saturated rings. The molecule has 6 nitrogen and oxygen atoms in total. The summed E-state index contributed by atoms with van der Waals surface area (Å²) in [6.07, 6.45) is 0.551. The van der Waals surface area contributed by atoms with Crippen LogP contribution in [0, 0.1) is 5.92 Å². The van der Waals surface area contributed by atoms with Crippen molar-refractivity contribution >= 4 is 12.0 Å². The van der Waals surface area contributed by atoms with Gasteiger partial charge in [-0.1, -0.05) is 6.92 Å². The SMILES string of the molecule is CC(CNC(=O)N1CCC(C)(O)C1)C(=O)O. The van der Waals surface area contributed by atoms with Gasteiger partial charge in [-0.3, -0.25) is 4.79 Å². The van der Waals surface area contributed by atoms with Gasteiger partial charge in [0.2, 0.25) is 0 Å². The second-order valence-electron chi connectivity index (χ2n) is 4.59. The molecule has 0 aromatic heterocycles. The van der Waals surface area contributed by atoms with Crippen LogP contribution in [0.1, 0.15) is 20.3 Å². The zero-order valence-electron chi connectivity index (χ0n) is 9.56. The summed E-state index contributed by atoms with van der Waals surface area (Å²) < 4.78 is 0. The molecule has 2 amide bonds. The number of rotatable bonds is 3. The average Bonchev–Trinajstić information content (AvgIpc) is 2.54. The molecule has 0 aromatic carbocycles. The van der Waals surface area contributed by atoms with Crippen LogP contribution in [0.25, 0.3) is 0 Å². The summed E-state index contributed by atoms with van der Waals surface area (Å²) in [5.41, 5.74) is -0.824. The Hall–Kier alpha value is -1.30. The number of β-amino-alcohol motifs (C(OH)–C–C–N with tert-alkyl or cyclic N) is 1. The number of aliphatic hydroxyl groups is 1. The fourth-order valence-corrected chi connectivity index (χ4v) is 1.56. The van der Waals surface area contributed by atoms with Crippen LogP contribution < -0.4 is 5.32 Å². The molecule has 1 heterocycles. The van der Waals surface area contributed by atoms with Crippen LogP contribution in [0.15, 0.2) is 0 Å². The molecular formula is C10H18N2O4. The summed E-state index contributed by atoms with van der Waals surface area (Å²) in [6.45, 7) is 4.11. The first-order chi connectivity index (χ1) is 7.32. The molecule has 0 spiro atoms. The van der Waals surface area contributed by atoms with Crippen molar-refractivity contribution in [2.24, 2.45) is 5.92 Å². The number of nitrogens with one attached hydrogen (secondary N) is 1. The Kier molecular flexibility index (Phi) is 3.74. The Bertz CT molecular complexity index is 291. The van der Waals surface area contributed by atoms with Crippen molar-refractivity contribution in [3.05, 3.63) is 0 Å². The molecule has 0 aromatic rings. The van der Waals surface area contributed by atoms with Crippen LogP contribution in [0.4, 0.5) is 4.79 Å². The van der Waals surface area contributed by atoms with Gasteiger partial charge in [-0.25, -0.2) is 4.79 Å². The number of urea groups is 1. The molecule has 16 heavy (non-hydrogen) atoms. The zero-order chi connectivity index (χ0) is 12.3. The minimum atomic E-state index is -0.936. The van der Waals surface area contributed by atoms with Crippen molar-refractivity contribution in [3.8, 4) is 0 Å². The van der Waals surface area contributed by atoms with E-state index in [1.54, 1.807) is 6.92 Å². The van der Waals surface area contributed by atoms with Gasteiger partial charge in [0.05, 0.1) is 18.1 Å². The maximum absolute atomic E-state index is 11.6. The third-order valence-corrected chi connectivity index (χ3v) is 2.72. The number of nitrogens with zero attached hydrogens (tertiary/aromatic N) is 1. The number of carbonyl (C=O) groups is 2. The quantitative estimate of drug-likeness (QED) is 0.630. The Morgan fingerprint density at radius 3 is 2.62 bits per heavy atom. The summed E-state index contributed by atoms with van der Waals surface area (Å²) >= 11 is 0. The van der Waals surface area contributed by atoms with Crippen molar-refractivity contribution in [2.45, 2.75) is 25.9 Å². The normalized spacial score (nSPS) is 26.6. The number of aliphatic carboxylic acids is 1. The molecule has 6 heteroatoms. The fourth-order valence-electron chi connectivity index (χ4n) is 1.56. The van der Waals surface area contributed by atoms with Gasteiger partial charge in [-0.05, 0) is 13.3 Å².